The quantitative estimate of drug-likeness (QED) is 0.422. The molecule has 0 spiro atoms. The topological polar surface area (TPSA) is 67.6 Å². The Morgan fingerprint density at radius 2 is 2.13 bits per heavy atom. The molecule has 0 aliphatic heterocycles. The van der Waals surface area contributed by atoms with E-state index in [9.17, 15) is 0 Å². The second-order valence-corrected chi connectivity index (χ2v) is 5.57. The van der Waals surface area contributed by atoms with Crippen LogP contribution in [0.5, 0.6) is 0 Å². The van der Waals surface area contributed by atoms with Gasteiger partial charge in [0.2, 0.25) is 5.82 Å². The minimum Gasteiger partial charge on any atom is -0.461 e. The summed E-state index contributed by atoms with van der Waals surface area (Å²) in [5, 5.41) is 0.315. The summed E-state index contributed by atoms with van der Waals surface area (Å²) in [5.41, 5.74) is 1.08. The van der Waals surface area contributed by atoms with E-state index < -0.39 is 0 Å². The first-order valence-electron chi connectivity index (χ1n) is 7.74. The third kappa shape index (κ3) is 3.72. The fourth-order valence-electron chi connectivity index (χ4n) is 2.23. The fraction of sp³-hybridized carbons (Fsp3) is 0.353. The summed E-state index contributed by atoms with van der Waals surface area (Å²) < 4.78 is 5.32. The highest BCUT2D eigenvalue weighted by Crippen LogP contribution is 2.23. The molecule has 0 atom stereocenters. The van der Waals surface area contributed by atoms with Gasteiger partial charge < -0.3 is 9.40 Å². The molecule has 0 aromatic carbocycles. The smallest absolute Gasteiger partial charge is 0.208 e. The molecule has 3 aromatic heterocycles. The van der Waals surface area contributed by atoms with Crippen molar-refractivity contribution in [3.05, 3.63) is 29.4 Å². The molecule has 6 heteroatoms. The lowest BCUT2D eigenvalue weighted by molar-refractivity contribution is 0.578. The number of rotatable bonds is 5. The van der Waals surface area contributed by atoms with Crippen LogP contribution in [0.2, 0.25) is 5.15 Å². The van der Waals surface area contributed by atoms with Crippen molar-refractivity contribution >= 4 is 22.8 Å². The summed E-state index contributed by atoms with van der Waals surface area (Å²) in [6.07, 6.45) is 7.21. The van der Waals surface area contributed by atoms with Gasteiger partial charge in [0.05, 0.1) is 6.26 Å². The maximum absolute atomic E-state index is 6.20. The van der Waals surface area contributed by atoms with Crippen LogP contribution in [0.15, 0.2) is 22.8 Å². The summed E-state index contributed by atoms with van der Waals surface area (Å²) >= 11 is 6.20. The average molecular weight is 329 g/mol. The van der Waals surface area contributed by atoms with Crippen molar-refractivity contribution in [1.82, 2.24) is 19.9 Å². The van der Waals surface area contributed by atoms with Crippen LogP contribution in [-0.4, -0.2) is 19.9 Å². The first kappa shape index (κ1) is 15.6. The molecule has 0 saturated heterocycles. The van der Waals surface area contributed by atoms with E-state index in [0.717, 1.165) is 12.8 Å². The van der Waals surface area contributed by atoms with Crippen molar-refractivity contribution in [1.29, 1.82) is 0 Å². The highest BCUT2D eigenvalue weighted by Gasteiger charge is 2.13. The van der Waals surface area contributed by atoms with Crippen LogP contribution in [0.3, 0.4) is 0 Å². The van der Waals surface area contributed by atoms with Gasteiger partial charge in [-0.25, -0.2) is 9.97 Å². The maximum Gasteiger partial charge on any atom is 0.208 e. The Labute approximate surface area is 139 Å². The zero-order valence-electron chi connectivity index (χ0n) is 12.9. The number of halogens is 1. The van der Waals surface area contributed by atoms with Gasteiger partial charge in [-0.05, 0) is 24.5 Å². The summed E-state index contributed by atoms with van der Waals surface area (Å²) in [7, 11) is 0. The molecule has 5 nitrogen and oxygen atoms in total. The van der Waals surface area contributed by atoms with E-state index >= 15 is 0 Å². The largest absolute Gasteiger partial charge is 0.461 e. The van der Waals surface area contributed by atoms with Crippen molar-refractivity contribution < 1.29 is 4.42 Å². The molecule has 0 aliphatic rings. The van der Waals surface area contributed by atoms with E-state index in [0.29, 0.717) is 33.7 Å². The molecule has 0 bridgehead atoms. The lowest BCUT2D eigenvalue weighted by atomic mass is 10.2. The molecular weight excluding hydrogens is 312 g/mol. The highest BCUT2D eigenvalue weighted by atomic mass is 35.5. The van der Waals surface area contributed by atoms with Crippen LogP contribution in [0, 0.1) is 11.8 Å². The Hall–Kier alpha value is -2.32. The predicted molar refractivity (Wildman–Crippen MR) is 90.0 cm³/mol. The second kappa shape index (κ2) is 7.30. The van der Waals surface area contributed by atoms with Crippen molar-refractivity contribution in [2.24, 2.45) is 0 Å². The number of nitrogens with zero attached hydrogens (tertiary/aromatic N) is 3. The number of hydrogen-bond donors (Lipinski definition) is 1. The van der Waals surface area contributed by atoms with E-state index in [4.69, 9.17) is 16.0 Å². The lowest BCUT2D eigenvalue weighted by Gasteiger charge is -1.94. The van der Waals surface area contributed by atoms with E-state index in [1.54, 1.807) is 12.3 Å². The number of aromatic nitrogens is 4. The number of nitrogens with one attached hydrogen (secondary N) is 1. The van der Waals surface area contributed by atoms with E-state index in [1.807, 2.05) is 6.07 Å². The van der Waals surface area contributed by atoms with Crippen LogP contribution in [0.4, 0.5) is 0 Å². The normalized spacial score (nSPS) is 10.7. The first-order valence-corrected chi connectivity index (χ1v) is 8.11. The number of unbranched alkanes of at least 4 members (excludes halogenated alkanes) is 4. The Morgan fingerprint density at radius 1 is 1.22 bits per heavy atom. The van der Waals surface area contributed by atoms with Crippen LogP contribution < -0.4 is 0 Å². The second-order valence-electron chi connectivity index (χ2n) is 5.21. The number of fused-ring (bicyclic) bond motifs is 1. The van der Waals surface area contributed by atoms with E-state index in [1.165, 1.54) is 19.3 Å². The van der Waals surface area contributed by atoms with Crippen molar-refractivity contribution in [3.63, 3.8) is 0 Å². The minimum absolute atomic E-state index is 0.315. The van der Waals surface area contributed by atoms with Gasteiger partial charge in [0.15, 0.2) is 22.4 Å². The molecule has 0 fully saturated rings. The van der Waals surface area contributed by atoms with Crippen molar-refractivity contribution in [2.45, 2.75) is 39.0 Å². The number of furan rings is 1. The first-order chi connectivity index (χ1) is 11.3. The minimum atomic E-state index is 0.315. The monoisotopic (exact) mass is 328 g/mol. The molecule has 3 heterocycles. The molecule has 3 rings (SSSR count). The van der Waals surface area contributed by atoms with Crippen LogP contribution >= 0.6 is 11.6 Å². The van der Waals surface area contributed by atoms with E-state index in [-0.39, 0.29) is 0 Å². The standard InChI is InChI=1S/C17H17ClN4O/c1-2-3-4-5-6-7-10-13-19-15(18)14-17(20-13)22-16(21-14)12-9-8-11-23-12/h8-9,11H,2-6H2,1H3,(H,19,20,21,22). The summed E-state index contributed by atoms with van der Waals surface area (Å²) in [4.78, 5) is 16.0. The molecule has 0 amide bonds. The molecule has 1 N–H and O–H groups in total. The number of H-pyrrole nitrogens is 1. The van der Waals surface area contributed by atoms with Gasteiger partial charge in [0.1, 0.15) is 5.52 Å². The molecular formula is C17H17ClN4O. The van der Waals surface area contributed by atoms with Crippen molar-refractivity contribution in [3.8, 4) is 23.4 Å². The molecule has 118 valence electrons. The van der Waals surface area contributed by atoms with Gasteiger partial charge in [0, 0.05) is 6.42 Å². The van der Waals surface area contributed by atoms with Gasteiger partial charge in [-0.3, -0.25) is 0 Å². The third-order valence-corrected chi connectivity index (χ3v) is 3.69. The zero-order valence-corrected chi connectivity index (χ0v) is 13.7. The highest BCUT2D eigenvalue weighted by molar-refractivity contribution is 6.33. The summed E-state index contributed by atoms with van der Waals surface area (Å²) in [6, 6.07) is 3.61. The Morgan fingerprint density at radius 3 is 2.91 bits per heavy atom. The van der Waals surface area contributed by atoms with Crippen LogP contribution in [0.1, 0.15) is 44.9 Å². The Kier molecular flexibility index (Phi) is 4.94. The molecule has 3 aromatic rings. The van der Waals surface area contributed by atoms with E-state index in [2.05, 4.69) is 38.7 Å². The lowest BCUT2D eigenvalue weighted by Crippen LogP contribution is -1.91. The average Bonchev–Trinajstić information content (AvgIpc) is 3.19. The Balaban J connectivity index is 1.79. The molecule has 0 aliphatic carbocycles. The molecule has 0 unspecified atom stereocenters. The maximum atomic E-state index is 6.20. The Bertz CT molecular complexity index is 843. The number of aromatic amines is 1. The number of imidazole rings is 1. The van der Waals surface area contributed by atoms with Gasteiger partial charge in [-0.2, -0.15) is 4.98 Å². The van der Waals surface area contributed by atoms with Crippen LogP contribution in [-0.2, 0) is 0 Å². The number of hydrogen-bond acceptors (Lipinski definition) is 4. The predicted octanol–water partition coefficient (Wildman–Crippen LogP) is 4.59. The zero-order chi connectivity index (χ0) is 16.1. The SMILES string of the molecule is CCCCCCC#Cc1nc(Cl)c2[nH]c(-c3ccco3)nc2n1. The summed E-state index contributed by atoms with van der Waals surface area (Å²) in [5.74, 6) is 7.66. The third-order valence-electron chi connectivity index (χ3n) is 3.42. The van der Waals surface area contributed by atoms with Crippen LogP contribution in [0.25, 0.3) is 22.7 Å². The summed E-state index contributed by atoms with van der Waals surface area (Å²) in [6.45, 7) is 2.19. The van der Waals surface area contributed by atoms with Gasteiger partial charge in [0.25, 0.3) is 0 Å². The van der Waals surface area contributed by atoms with Crippen molar-refractivity contribution in [2.75, 3.05) is 0 Å². The van der Waals surface area contributed by atoms with Gasteiger partial charge in [-0.15, -0.1) is 0 Å². The van der Waals surface area contributed by atoms with Gasteiger partial charge in [-0.1, -0.05) is 43.7 Å². The molecule has 0 saturated carbocycles. The van der Waals surface area contributed by atoms with Gasteiger partial charge >= 0.3 is 0 Å². The molecule has 0 radical (unpaired) electrons. The molecule has 23 heavy (non-hydrogen) atoms. The fourth-order valence-corrected chi connectivity index (χ4v) is 2.44.